The smallest absolute Gasteiger partial charge is 0.0717 e. The van der Waals surface area contributed by atoms with Gasteiger partial charge in [-0.25, -0.2) is 0 Å². The summed E-state index contributed by atoms with van der Waals surface area (Å²) in [4.78, 5) is 4.86. The molecule has 2 rings (SSSR count). The minimum atomic E-state index is 0.319. The average Bonchev–Trinajstić information content (AvgIpc) is 2.06. The van der Waals surface area contributed by atoms with Crippen molar-refractivity contribution in [2.24, 2.45) is 5.92 Å². The van der Waals surface area contributed by atoms with Crippen molar-refractivity contribution >= 4 is 0 Å². The lowest BCUT2D eigenvalue weighted by Crippen LogP contribution is -2.54. The normalized spacial score (nSPS) is 28.3. The van der Waals surface area contributed by atoms with Crippen LogP contribution < -0.4 is 0 Å². The topological polar surface area (TPSA) is 30.3 Å². The number of hydrogen-bond acceptors (Lipinski definition) is 3. The van der Waals surface area contributed by atoms with Crippen molar-refractivity contribution in [3.8, 4) is 6.07 Å². The largest absolute Gasteiger partial charge is 0.306 e. The van der Waals surface area contributed by atoms with Crippen molar-refractivity contribution in [1.29, 1.82) is 5.26 Å². The maximum absolute atomic E-state index is 8.66. The molecule has 0 saturated carbocycles. The Labute approximate surface area is 79.9 Å². The molecule has 0 spiro atoms. The molecule has 0 aromatic carbocycles. The molecule has 2 heterocycles. The summed E-state index contributed by atoms with van der Waals surface area (Å²) in [5.41, 5.74) is 0. The Kier molecular flexibility index (Phi) is 2.52. The van der Waals surface area contributed by atoms with Crippen molar-refractivity contribution in [2.45, 2.75) is 18.9 Å². The molecule has 2 fully saturated rings. The van der Waals surface area contributed by atoms with E-state index in [1.807, 2.05) is 0 Å². The number of rotatable bonds is 1. The maximum Gasteiger partial charge on any atom is 0.0717 e. The molecule has 0 aromatic heterocycles. The van der Waals surface area contributed by atoms with Crippen LogP contribution in [0.4, 0.5) is 0 Å². The molecule has 0 aromatic rings. The Bertz CT molecular complexity index is 207. The second-order valence-electron chi connectivity index (χ2n) is 4.31. The summed E-state index contributed by atoms with van der Waals surface area (Å²) in [6, 6.07) is 3.09. The highest BCUT2D eigenvalue weighted by molar-refractivity contribution is 4.98. The van der Waals surface area contributed by atoms with Crippen LogP contribution in [0, 0.1) is 17.2 Å². The van der Waals surface area contributed by atoms with E-state index in [0.29, 0.717) is 5.92 Å². The fraction of sp³-hybridized carbons (Fsp3) is 0.900. The Hall–Kier alpha value is -0.590. The number of nitriles is 1. The van der Waals surface area contributed by atoms with Crippen molar-refractivity contribution in [1.82, 2.24) is 9.80 Å². The van der Waals surface area contributed by atoms with E-state index >= 15 is 0 Å². The van der Waals surface area contributed by atoms with Gasteiger partial charge in [-0.15, -0.1) is 0 Å². The highest BCUT2D eigenvalue weighted by atomic mass is 15.2. The monoisotopic (exact) mass is 179 g/mol. The molecule has 0 unspecified atom stereocenters. The van der Waals surface area contributed by atoms with Gasteiger partial charge in [0.2, 0.25) is 0 Å². The first kappa shape index (κ1) is 8.98. The quantitative estimate of drug-likeness (QED) is 0.588. The van der Waals surface area contributed by atoms with Gasteiger partial charge in [-0.1, -0.05) is 0 Å². The van der Waals surface area contributed by atoms with Gasteiger partial charge in [0, 0.05) is 19.1 Å². The molecule has 2 saturated heterocycles. The zero-order valence-corrected chi connectivity index (χ0v) is 8.24. The first-order chi connectivity index (χ1) is 6.29. The lowest BCUT2D eigenvalue weighted by molar-refractivity contribution is 0.0443. The summed E-state index contributed by atoms with van der Waals surface area (Å²) in [6.45, 7) is 4.48. The van der Waals surface area contributed by atoms with E-state index in [-0.39, 0.29) is 0 Å². The van der Waals surface area contributed by atoms with Crippen LogP contribution in [-0.4, -0.2) is 49.1 Å². The molecule has 0 bridgehead atoms. The summed E-state index contributed by atoms with van der Waals surface area (Å²) in [5, 5.41) is 8.66. The van der Waals surface area contributed by atoms with Crippen LogP contribution in [0.5, 0.6) is 0 Å². The third kappa shape index (κ3) is 1.84. The van der Waals surface area contributed by atoms with Gasteiger partial charge in [-0.05, 0) is 33.0 Å². The molecule has 3 heteroatoms. The predicted octanol–water partition coefficient (Wildman–Crippen LogP) is 0.536. The highest BCUT2D eigenvalue weighted by Crippen LogP contribution is 2.23. The molecule has 0 radical (unpaired) electrons. The van der Waals surface area contributed by atoms with Gasteiger partial charge >= 0.3 is 0 Å². The van der Waals surface area contributed by atoms with E-state index in [2.05, 4.69) is 22.9 Å². The van der Waals surface area contributed by atoms with E-state index in [4.69, 9.17) is 5.26 Å². The minimum absolute atomic E-state index is 0.319. The SMILES string of the molecule is CN1CCC(N2CC(C#N)C2)CC1. The number of likely N-dealkylation sites (tertiary alicyclic amines) is 2. The average molecular weight is 179 g/mol. The molecule has 3 nitrogen and oxygen atoms in total. The zero-order chi connectivity index (χ0) is 9.26. The zero-order valence-electron chi connectivity index (χ0n) is 8.24. The van der Waals surface area contributed by atoms with Crippen molar-refractivity contribution in [3.63, 3.8) is 0 Å². The van der Waals surface area contributed by atoms with Crippen LogP contribution in [0.25, 0.3) is 0 Å². The van der Waals surface area contributed by atoms with E-state index < -0.39 is 0 Å². The number of piperidine rings is 1. The molecule has 0 N–H and O–H groups in total. The van der Waals surface area contributed by atoms with Crippen LogP contribution in [-0.2, 0) is 0 Å². The highest BCUT2D eigenvalue weighted by Gasteiger charge is 2.33. The fourth-order valence-corrected chi connectivity index (χ4v) is 2.25. The molecule has 2 aliphatic heterocycles. The van der Waals surface area contributed by atoms with Gasteiger partial charge < -0.3 is 4.90 Å². The van der Waals surface area contributed by atoms with E-state index in [1.165, 1.54) is 25.9 Å². The lowest BCUT2D eigenvalue weighted by Gasteiger charge is -2.44. The Morgan fingerprint density at radius 2 is 1.85 bits per heavy atom. The van der Waals surface area contributed by atoms with Crippen LogP contribution in [0.1, 0.15) is 12.8 Å². The molecule has 13 heavy (non-hydrogen) atoms. The Balaban J connectivity index is 1.75. The van der Waals surface area contributed by atoms with Gasteiger partial charge in [-0.3, -0.25) is 4.90 Å². The van der Waals surface area contributed by atoms with Gasteiger partial charge in [0.1, 0.15) is 0 Å². The molecule has 0 amide bonds. The molecular weight excluding hydrogens is 162 g/mol. The molecule has 0 aliphatic carbocycles. The van der Waals surface area contributed by atoms with Gasteiger partial charge in [-0.2, -0.15) is 5.26 Å². The standard InChI is InChI=1S/C10H17N3/c1-12-4-2-10(3-5-12)13-7-9(6-11)8-13/h9-10H,2-5,7-8H2,1H3. The van der Waals surface area contributed by atoms with Gasteiger partial charge in [0.15, 0.2) is 0 Å². The van der Waals surface area contributed by atoms with E-state index in [1.54, 1.807) is 0 Å². The molecular formula is C10H17N3. The second kappa shape index (κ2) is 3.65. The first-order valence-corrected chi connectivity index (χ1v) is 5.12. The first-order valence-electron chi connectivity index (χ1n) is 5.12. The third-order valence-electron chi connectivity index (χ3n) is 3.30. The van der Waals surface area contributed by atoms with Crippen molar-refractivity contribution in [2.75, 3.05) is 33.2 Å². The van der Waals surface area contributed by atoms with Gasteiger partial charge in [0.05, 0.1) is 12.0 Å². The molecule has 0 atom stereocenters. The van der Waals surface area contributed by atoms with Crippen molar-refractivity contribution in [3.05, 3.63) is 0 Å². The Morgan fingerprint density at radius 3 is 2.38 bits per heavy atom. The van der Waals surface area contributed by atoms with Crippen LogP contribution >= 0.6 is 0 Å². The summed E-state index contributed by atoms with van der Waals surface area (Å²) >= 11 is 0. The summed E-state index contributed by atoms with van der Waals surface area (Å²) in [5.74, 6) is 0.319. The molecule has 2 aliphatic rings. The van der Waals surface area contributed by atoms with Crippen LogP contribution in [0.3, 0.4) is 0 Å². The van der Waals surface area contributed by atoms with E-state index in [0.717, 1.165) is 19.1 Å². The number of nitrogens with zero attached hydrogens (tertiary/aromatic N) is 3. The van der Waals surface area contributed by atoms with Gasteiger partial charge in [0.25, 0.3) is 0 Å². The Morgan fingerprint density at radius 1 is 1.23 bits per heavy atom. The summed E-state index contributed by atoms with van der Waals surface area (Å²) < 4.78 is 0. The maximum atomic E-state index is 8.66. The predicted molar refractivity (Wildman–Crippen MR) is 51.2 cm³/mol. The fourth-order valence-electron chi connectivity index (χ4n) is 2.25. The van der Waals surface area contributed by atoms with E-state index in [9.17, 15) is 0 Å². The second-order valence-corrected chi connectivity index (χ2v) is 4.31. The molecule has 72 valence electrons. The minimum Gasteiger partial charge on any atom is -0.306 e. The third-order valence-corrected chi connectivity index (χ3v) is 3.30. The van der Waals surface area contributed by atoms with Crippen molar-refractivity contribution < 1.29 is 0 Å². The summed E-state index contributed by atoms with van der Waals surface area (Å²) in [6.07, 6.45) is 2.57. The lowest BCUT2D eigenvalue weighted by atomic mass is 9.94. The van der Waals surface area contributed by atoms with Crippen LogP contribution in [0.2, 0.25) is 0 Å². The van der Waals surface area contributed by atoms with Crippen LogP contribution in [0.15, 0.2) is 0 Å². The summed E-state index contributed by atoms with van der Waals surface area (Å²) in [7, 11) is 2.18. The number of hydrogen-bond donors (Lipinski definition) is 0.